The van der Waals surface area contributed by atoms with Gasteiger partial charge >= 0.3 is 0 Å². The Labute approximate surface area is 160 Å². The molecule has 0 radical (unpaired) electrons. The number of hydrogen-bond donors (Lipinski definition) is 2. The van der Waals surface area contributed by atoms with Crippen molar-refractivity contribution in [2.75, 3.05) is 10.0 Å². The molecule has 2 N–H and O–H groups in total. The Morgan fingerprint density at radius 2 is 1.52 bits per heavy atom. The Balaban J connectivity index is 2.02. The van der Waals surface area contributed by atoms with Crippen LogP contribution in [0.15, 0.2) is 23.1 Å². The normalized spacial score (nSPS) is 16.4. The first kappa shape index (κ1) is 19.2. The summed E-state index contributed by atoms with van der Waals surface area (Å²) in [6.07, 6.45) is -0.580. The first-order chi connectivity index (χ1) is 12.5. The zero-order chi connectivity index (χ0) is 20.1. The monoisotopic (exact) mass is 388 g/mol. The van der Waals surface area contributed by atoms with Crippen LogP contribution in [0.2, 0.25) is 0 Å². The first-order valence-corrected chi connectivity index (χ1v) is 10.2. The quantitative estimate of drug-likeness (QED) is 0.839. The standard InChI is InChI=1S/C20H24N2O4S/c1-10-11(2)13(4)19(14(5)12(10)3)27(24,25)22-16-7-8-18-17(9-16)21-20(23)15(6)26-18/h7-9,15,22H,1-6H3,(H,21,23)/t15-/m0/s1. The molecule has 0 saturated heterocycles. The number of carbonyl (C=O) groups is 1. The Bertz CT molecular complexity index is 1030. The lowest BCUT2D eigenvalue weighted by molar-refractivity contribution is -0.122. The lowest BCUT2D eigenvalue weighted by atomic mass is 9.95. The summed E-state index contributed by atoms with van der Waals surface area (Å²) in [6.45, 7) is 11.2. The van der Waals surface area contributed by atoms with Gasteiger partial charge in [0.05, 0.1) is 16.3 Å². The molecule has 2 aromatic rings. The van der Waals surface area contributed by atoms with E-state index in [2.05, 4.69) is 10.0 Å². The zero-order valence-electron chi connectivity index (χ0n) is 16.4. The first-order valence-electron chi connectivity index (χ1n) is 8.74. The van der Waals surface area contributed by atoms with Crippen molar-refractivity contribution < 1.29 is 17.9 Å². The molecular formula is C20H24N2O4S. The minimum absolute atomic E-state index is 0.265. The molecule has 0 bridgehead atoms. The fourth-order valence-corrected chi connectivity index (χ4v) is 5.00. The van der Waals surface area contributed by atoms with Gasteiger partial charge in [-0.25, -0.2) is 8.42 Å². The highest BCUT2D eigenvalue weighted by atomic mass is 32.2. The average molecular weight is 388 g/mol. The maximum Gasteiger partial charge on any atom is 0.265 e. The molecule has 0 unspecified atom stereocenters. The molecule has 1 aliphatic heterocycles. The second kappa shape index (κ2) is 6.56. The summed E-state index contributed by atoms with van der Waals surface area (Å²) < 4.78 is 34.4. The Kier molecular flexibility index (Phi) is 4.67. The van der Waals surface area contributed by atoms with Gasteiger partial charge in [0.1, 0.15) is 5.75 Å². The van der Waals surface area contributed by atoms with E-state index in [1.54, 1.807) is 25.1 Å². The van der Waals surface area contributed by atoms with Crippen LogP contribution in [-0.2, 0) is 14.8 Å². The number of ether oxygens (including phenoxy) is 1. The molecule has 6 nitrogen and oxygen atoms in total. The van der Waals surface area contributed by atoms with E-state index in [0.29, 0.717) is 22.0 Å². The lowest BCUT2D eigenvalue weighted by Crippen LogP contribution is -2.34. The largest absolute Gasteiger partial charge is 0.479 e. The number of nitrogens with one attached hydrogen (secondary N) is 2. The second-order valence-electron chi connectivity index (χ2n) is 7.02. The van der Waals surface area contributed by atoms with E-state index in [4.69, 9.17) is 4.74 Å². The third-order valence-electron chi connectivity index (χ3n) is 5.36. The molecule has 1 heterocycles. The third kappa shape index (κ3) is 3.27. The van der Waals surface area contributed by atoms with E-state index in [1.807, 2.05) is 34.6 Å². The molecule has 1 amide bonds. The topological polar surface area (TPSA) is 84.5 Å². The lowest BCUT2D eigenvalue weighted by Gasteiger charge is -2.24. The fraction of sp³-hybridized carbons (Fsp3) is 0.350. The van der Waals surface area contributed by atoms with Crippen LogP contribution in [0.25, 0.3) is 0 Å². The number of carbonyl (C=O) groups excluding carboxylic acids is 1. The van der Waals surface area contributed by atoms with Crippen molar-refractivity contribution in [1.29, 1.82) is 0 Å². The number of sulfonamides is 1. The Morgan fingerprint density at radius 1 is 0.963 bits per heavy atom. The number of benzene rings is 2. The van der Waals surface area contributed by atoms with E-state index in [9.17, 15) is 13.2 Å². The van der Waals surface area contributed by atoms with Crippen LogP contribution in [0.5, 0.6) is 5.75 Å². The summed E-state index contributed by atoms with van der Waals surface area (Å²) >= 11 is 0. The predicted molar refractivity (Wildman–Crippen MR) is 106 cm³/mol. The van der Waals surface area contributed by atoms with E-state index >= 15 is 0 Å². The summed E-state index contributed by atoms with van der Waals surface area (Å²) in [5.74, 6) is 0.249. The molecule has 144 valence electrons. The average Bonchev–Trinajstić information content (AvgIpc) is 2.59. The minimum Gasteiger partial charge on any atom is -0.479 e. The minimum atomic E-state index is -3.79. The molecule has 1 atom stereocenters. The zero-order valence-corrected chi connectivity index (χ0v) is 17.2. The third-order valence-corrected chi connectivity index (χ3v) is 7.02. The smallest absolute Gasteiger partial charge is 0.265 e. The van der Waals surface area contributed by atoms with Gasteiger partial charge < -0.3 is 10.1 Å². The molecule has 0 aromatic heterocycles. The van der Waals surface area contributed by atoms with Gasteiger partial charge in [-0.05, 0) is 87.6 Å². The number of amides is 1. The maximum absolute atomic E-state index is 13.1. The number of rotatable bonds is 3. The van der Waals surface area contributed by atoms with E-state index in [0.717, 1.165) is 27.8 Å². The molecule has 7 heteroatoms. The Morgan fingerprint density at radius 3 is 2.11 bits per heavy atom. The van der Waals surface area contributed by atoms with Gasteiger partial charge in [-0.3, -0.25) is 9.52 Å². The van der Waals surface area contributed by atoms with Crippen LogP contribution >= 0.6 is 0 Å². The molecule has 0 aliphatic carbocycles. The number of fused-ring (bicyclic) bond motifs is 1. The van der Waals surface area contributed by atoms with Crippen molar-refractivity contribution in [1.82, 2.24) is 0 Å². The Hall–Kier alpha value is -2.54. The molecule has 0 spiro atoms. The molecule has 1 aliphatic rings. The number of hydrogen-bond acceptors (Lipinski definition) is 4. The SMILES string of the molecule is Cc1c(C)c(C)c(S(=O)(=O)Nc2ccc3c(c2)NC(=O)[C@H](C)O3)c(C)c1C. The maximum atomic E-state index is 13.1. The van der Waals surface area contributed by atoms with Crippen molar-refractivity contribution in [3.63, 3.8) is 0 Å². The van der Waals surface area contributed by atoms with Gasteiger partial charge in [0.25, 0.3) is 15.9 Å². The van der Waals surface area contributed by atoms with Crippen molar-refractivity contribution in [2.24, 2.45) is 0 Å². The highest BCUT2D eigenvalue weighted by Crippen LogP contribution is 2.34. The molecule has 27 heavy (non-hydrogen) atoms. The van der Waals surface area contributed by atoms with E-state index in [1.165, 1.54) is 0 Å². The summed E-state index contributed by atoms with van der Waals surface area (Å²) in [5.41, 5.74) is 5.34. The van der Waals surface area contributed by atoms with Crippen molar-refractivity contribution in [3.8, 4) is 5.75 Å². The molecule has 3 rings (SSSR count). The van der Waals surface area contributed by atoms with Gasteiger partial charge in [-0.1, -0.05) is 0 Å². The van der Waals surface area contributed by atoms with Gasteiger partial charge in [0.15, 0.2) is 6.10 Å². The predicted octanol–water partition coefficient (Wildman–Crippen LogP) is 3.75. The fourth-order valence-electron chi connectivity index (χ4n) is 3.35. The van der Waals surface area contributed by atoms with Gasteiger partial charge in [0.2, 0.25) is 0 Å². The van der Waals surface area contributed by atoms with Crippen LogP contribution in [0, 0.1) is 34.6 Å². The number of anilines is 2. The highest BCUT2D eigenvalue weighted by molar-refractivity contribution is 7.92. The van der Waals surface area contributed by atoms with Crippen molar-refractivity contribution in [2.45, 2.75) is 52.5 Å². The van der Waals surface area contributed by atoms with Crippen molar-refractivity contribution in [3.05, 3.63) is 46.0 Å². The van der Waals surface area contributed by atoms with Crippen LogP contribution in [0.3, 0.4) is 0 Å². The molecule has 0 saturated carbocycles. The summed E-state index contributed by atoms with van der Waals surface area (Å²) in [4.78, 5) is 12.1. The molecule has 2 aromatic carbocycles. The van der Waals surface area contributed by atoms with E-state index in [-0.39, 0.29) is 5.91 Å². The second-order valence-corrected chi connectivity index (χ2v) is 8.64. The molecule has 0 fully saturated rings. The van der Waals surface area contributed by atoms with E-state index < -0.39 is 16.1 Å². The molecular weight excluding hydrogens is 364 g/mol. The van der Waals surface area contributed by atoms with Gasteiger partial charge in [-0.2, -0.15) is 0 Å². The van der Waals surface area contributed by atoms with Gasteiger partial charge in [-0.15, -0.1) is 0 Å². The summed E-state index contributed by atoms with van der Waals surface area (Å²) in [7, 11) is -3.79. The van der Waals surface area contributed by atoms with Crippen LogP contribution in [-0.4, -0.2) is 20.4 Å². The van der Waals surface area contributed by atoms with Crippen LogP contribution in [0.4, 0.5) is 11.4 Å². The van der Waals surface area contributed by atoms with Crippen molar-refractivity contribution >= 4 is 27.3 Å². The highest BCUT2D eigenvalue weighted by Gasteiger charge is 2.26. The summed E-state index contributed by atoms with van der Waals surface area (Å²) in [6, 6.07) is 4.84. The van der Waals surface area contributed by atoms with Crippen LogP contribution < -0.4 is 14.8 Å². The van der Waals surface area contributed by atoms with Crippen LogP contribution in [0.1, 0.15) is 34.7 Å². The van der Waals surface area contributed by atoms with Gasteiger partial charge in [0, 0.05) is 0 Å². The summed E-state index contributed by atoms with van der Waals surface area (Å²) in [5, 5.41) is 2.73.